The summed E-state index contributed by atoms with van der Waals surface area (Å²) >= 11 is 0. The second-order valence-electron chi connectivity index (χ2n) is 10.7. The maximum absolute atomic E-state index is 2.62. The second-order valence-corrected chi connectivity index (χ2v) is 15.4. The summed E-state index contributed by atoms with van der Waals surface area (Å²) in [7, 11) is -1.69. The van der Waals surface area contributed by atoms with Gasteiger partial charge in [-0.3, -0.25) is 0 Å². The van der Waals surface area contributed by atoms with E-state index in [9.17, 15) is 0 Å². The van der Waals surface area contributed by atoms with Crippen molar-refractivity contribution >= 4 is 8.07 Å². The zero-order valence-corrected chi connectivity index (χ0v) is 19.2. The van der Waals surface area contributed by atoms with Crippen LogP contribution in [0.15, 0.2) is 77.9 Å². The van der Waals surface area contributed by atoms with Gasteiger partial charge in [0, 0.05) is 0 Å². The Hall–Kier alpha value is -1.60. The molecule has 2 unspecified atom stereocenters. The van der Waals surface area contributed by atoms with E-state index < -0.39 is 8.07 Å². The summed E-state index contributed by atoms with van der Waals surface area (Å²) in [5.74, 6) is 0. The molecule has 0 radical (unpaired) electrons. The molecule has 2 aliphatic carbocycles. The molecule has 0 saturated heterocycles. The molecule has 2 aliphatic rings. The third kappa shape index (κ3) is 4.29. The number of rotatable bonds is 4. The summed E-state index contributed by atoms with van der Waals surface area (Å²) in [6, 6.07) is 12.3. The Morgan fingerprint density at radius 1 is 0.741 bits per heavy atom. The van der Waals surface area contributed by atoms with Crippen molar-refractivity contribution in [3.05, 3.63) is 83.5 Å². The lowest BCUT2D eigenvalue weighted by atomic mass is 9.87. The number of allylic oxidation sites excluding steroid dienone is 8. The van der Waals surface area contributed by atoms with Crippen molar-refractivity contribution in [3.63, 3.8) is 0 Å². The van der Waals surface area contributed by atoms with E-state index in [0.29, 0.717) is 11.1 Å². The Labute approximate surface area is 167 Å². The van der Waals surface area contributed by atoms with E-state index in [1.807, 2.05) is 0 Å². The largest absolute Gasteiger partial charge is 0.0800 e. The molecule has 0 fully saturated rings. The normalized spacial score (nSPS) is 24.7. The highest BCUT2D eigenvalue weighted by Crippen LogP contribution is 2.48. The van der Waals surface area contributed by atoms with Gasteiger partial charge in [-0.05, 0) is 39.1 Å². The van der Waals surface area contributed by atoms with Gasteiger partial charge in [0.05, 0.1) is 8.07 Å². The molecule has 0 aliphatic heterocycles. The summed E-state index contributed by atoms with van der Waals surface area (Å²) in [4.78, 5) is 0. The van der Waals surface area contributed by atoms with Crippen LogP contribution in [0.3, 0.4) is 0 Å². The smallest absolute Gasteiger partial charge is 0.0771 e. The molecule has 144 valence electrons. The Morgan fingerprint density at radius 2 is 1.19 bits per heavy atom. The molecule has 27 heavy (non-hydrogen) atoms. The van der Waals surface area contributed by atoms with Crippen LogP contribution in [0, 0.1) is 10.8 Å². The first-order valence-corrected chi connectivity index (χ1v) is 13.2. The van der Waals surface area contributed by atoms with Crippen molar-refractivity contribution in [1.82, 2.24) is 0 Å². The van der Waals surface area contributed by atoms with E-state index in [2.05, 4.69) is 115 Å². The van der Waals surface area contributed by atoms with Crippen LogP contribution in [0.4, 0.5) is 0 Å². The van der Waals surface area contributed by atoms with Crippen molar-refractivity contribution in [2.75, 3.05) is 0 Å². The zero-order valence-electron chi connectivity index (χ0n) is 18.2. The Balaban J connectivity index is 1.99. The second kappa shape index (κ2) is 7.09. The van der Waals surface area contributed by atoms with Crippen molar-refractivity contribution in [2.45, 2.75) is 65.2 Å². The van der Waals surface area contributed by atoms with Crippen molar-refractivity contribution in [2.24, 2.45) is 10.8 Å². The SMILES string of the molecule is CC(C)(C)C1=CC([Si](C)(Cc2ccccc2)C2C=CC(C(C)(C)C)=C2)C=C1. The molecule has 0 saturated carbocycles. The Kier molecular flexibility index (Phi) is 5.29. The number of hydrogen-bond acceptors (Lipinski definition) is 0. The quantitative estimate of drug-likeness (QED) is 0.473. The fourth-order valence-electron chi connectivity index (χ4n) is 4.34. The Bertz CT molecular complexity index is 745. The summed E-state index contributed by atoms with van der Waals surface area (Å²) in [5, 5.41) is 0. The minimum absolute atomic E-state index is 0.227. The minimum atomic E-state index is -1.69. The van der Waals surface area contributed by atoms with E-state index in [1.165, 1.54) is 22.8 Å². The average molecular weight is 377 g/mol. The molecule has 2 atom stereocenters. The molecular formula is C26H36Si. The highest BCUT2D eigenvalue weighted by atomic mass is 28.3. The van der Waals surface area contributed by atoms with E-state index in [1.54, 1.807) is 0 Å². The van der Waals surface area contributed by atoms with Gasteiger partial charge < -0.3 is 0 Å². The maximum atomic E-state index is 2.62. The van der Waals surface area contributed by atoms with Crippen molar-refractivity contribution in [1.29, 1.82) is 0 Å². The first-order valence-electron chi connectivity index (χ1n) is 10.3. The van der Waals surface area contributed by atoms with Gasteiger partial charge in [-0.2, -0.15) is 0 Å². The fourth-order valence-corrected chi connectivity index (χ4v) is 8.56. The summed E-state index contributed by atoms with van der Waals surface area (Å²) < 4.78 is 0. The highest BCUT2D eigenvalue weighted by Gasteiger charge is 2.43. The molecule has 0 heterocycles. The first kappa shape index (κ1) is 20.1. The van der Waals surface area contributed by atoms with E-state index in [0.717, 1.165) is 0 Å². The van der Waals surface area contributed by atoms with Gasteiger partial charge in [-0.25, -0.2) is 0 Å². The van der Waals surface area contributed by atoms with E-state index in [4.69, 9.17) is 0 Å². The molecule has 0 spiro atoms. The van der Waals surface area contributed by atoms with Crippen LogP contribution in [-0.2, 0) is 6.04 Å². The van der Waals surface area contributed by atoms with Gasteiger partial charge >= 0.3 is 0 Å². The molecule has 0 bridgehead atoms. The van der Waals surface area contributed by atoms with E-state index >= 15 is 0 Å². The predicted molar refractivity (Wildman–Crippen MR) is 123 cm³/mol. The van der Waals surface area contributed by atoms with Crippen molar-refractivity contribution in [3.8, 4) is 0 Å². The van der Waals surface area contributed by atoms with Crippen molar-refractivity contribution < 1.29 is 0 Å². The van der Waals surface area contributed by atoms with Gasteiger partial charge in [0.25, 0.3) is 0 Å². The standard InChI is InChI=1S/C26H36Si/c1-25(2,3)21-13-15-23(17-21)27(7,19-20-11-9-8-10-12-20)24-16-14-22(18-24)26(4,5)6/h8-18,23-24H,19H2,1-7H3. The summed E-state index contributed by atoms with van der Waals surface area (Å²) in [6.07, 6.45) is 15.0. The van der Waals surface area contributed by atoms with Gasteiger partial charge in [-0.15, -0.1) is 0 Å². The minimum Gasteiger partial charge on any atom is -0.0800 e. The maximum Gasteiger partial charge on any atom is 0.0771 e. The average Bonchev–Trinajstić information content (AvgIpc) is 3.25. The molecule has 0 aromatic heterocycles. The lowest BCUT2D eigenvalue weighted by molar-refractivity contribution is 0.517. The summed E-state index contributed by atoms with van der Waals surface area (Å²) in [5.41, 5.74) is 6.14. The lowest BCUT2D eigenvalue weighted by Gasteiger charge is -2.37. The van der Waals surface area contributed by atoms with Crippen LogP contribution in [0.1, 0.15) is 47.1 Å². The molecule has 0 nitrogen and oxygen atoms in total. The molecule has 1 aromatic carbocycles. The Morgan fingerprint density at radius 3 is 1.56 bits per heavy atom. The lowest BCUT2D eigenvalue weighted by Crippen LogP contribution is -2.41. The van der Waals surface area contributed by atoms with Gasteiger partial charge in [-0.1, -0.05) is 120 Å². The predicted octanol–water partition coefficient (Wildman–Crippen LogP) is 7.67. The number of benzene rings is 1. The highest BCUT2D eigenvalue weighted by molar-refractivity contribution is 6.82. The van der Waals surface area contributed by atoms with Gasteiger partial charge in [0.2, 0.25) is 0 Å². The van der Waals surface area contributed by atoms with Crippen LogP contribution in [-0.4, -0.2) is 8.07 Å². The molecule has 1 heteroatoms. The fraction of sp³-hybridized carbons (Fsp3) is 0.462. The van der Waals surface area contributed by atoms with Crippen LogP contribution in [0.5, 0.6) is 0 Å². The summed E-state index contributed by atoms with van der Waals surface area (Å²) in [6.45, 7) is 16.6. The molecule has 1 aromatic rings. The van der Waals surface area contributed by atoms with Crippen LogP contribution < -0.4 is 0 Å². The first-order chi connectivity index (χ1) is 12.5. The van der Waals surface area contributed by atoms with Crippen LogP contribution in [0.2, 0.25) is 17.6 Å². The zero-order chi connectivity index (χ0) is 19.9. The third-order valence-corrected chi connectivity index (χ3v) is 11.3. The van der Waals surface area contributed by atoms with Gasteiger partial charge in [0.15, 0.2) is 0 Å². The number of hydrogen-bond donors (Lipinski definition) is 0. The van der Waals surface area contributed by atoms with Crippen LogP contribution >= 0.6 is 0 Å². The molecular weight excluding hydrogens is 340 g/mol. The molecule has 3 rings (SSSR count). The topological polar surface area (TPSA) is 0 Å². The van der Waals surface area contributed by atoms with Crippen LogP contribution in [0.25, 0.3) is 0 Å². The third-order valence-electron chi connectivity index (χ3n) is 6.37. The molecule has 0 amide bonds. The molecule has 0 N–H and O–H groups in total. The van der Waals surface area contributed by atoms with Gasteiger partial charge in [0.1, 0.15) is 0 Å². The monoisotopic (exact) mass is 376 g/mol. The van der Waals surface area contributed by atoms with E-state index in [-0.39, 0.29) is 10.8 Å².